The molecule has 3 heteroatoms. The minimum atomic E-state index is 0.793. The van der Waals surface area contributed by atoms with Gasteiger partial charge in [-0.2, -0.15) is 0 Å². The van der Waals surface area contributed by atoms with Crippen molar-refractivity contribution < 1.29 is 0 Å². The zero-order valence-electron chi connectivity index (χ0n) is 12.4. The van der Waals surface area contributed by atoms with E-state index in [2.05, 4.69) is 15.1 Å². The van der Waals surface area contributed by atoms with Gasteiger partial charge in [0, 0.05) is 25.2 Å². The molecule has 3 nitrogen and oxygen atoms in total. The molecule has 0 spiro atoms. The summed E-state index contributed by atoms with van der Waals surface area (Å²) in [5.74, 6) is 0. The van der Waals surface area contributed by atoms with Crippen molar-refractivity contribution in [3.63, 3.8) is 0 Å². The highest BCUT2D eigenvalue weighted by Gasteiger charge is 2.31. The Hall–Kier alpha value is -0.120. The first kappa shape index (κ1) is 13.8. The van der Waals surface area contributed by atoms with Gasteiger partial charge in [-0.25, -0.2) is 0 Å². The first-order valence-corrected chi connectivity index (χ1v) is 8.63. The van der Waals surface area contributed by atoms with Crippen LogP contribution in [-0.2, 0) is 0 Å². The van der Waals surface area contributed by atoms with Crippen molar-refractivity contribution in [1.29, 1.82) is 0 Å². The predicted molar refractivity (Wildman–Crippen MR) is 80.5 cm³/mol. The molecule has 19 heavy (non-hydrogen) atoms. The summed E-state index contributed by atoms with van der Waals surface area (Å²) in [6.07, 6.45) is 11.4. The molecule has 1 N–H and O–H groups in total. The van der Waals surface area contributed by atoms with E-state index < -0.39 is 0 Å². The summed E-state index contributed by atoms with van der Waals surface area (Å²) in [5.41, 5.74) is 0. The molecule has 3 aliphatic rings. The van der Waals surface area contributed by atoms with E-state index in [-0.39, 0.29) is 0 Å². The second-order valence-corrected chi connectivity index (χ2v) is 6.70. The van der Waals surface area contributed by atoms with Crippen molar-refractivity contribution in [2.24, 2.45) is 0 Å². The van der Waals surface area contributed by atoms with Gasteiger partial charge in [-0.15, -0.1) is 0 Å². The summed E-state index contributed by atoms with van der Waals surface area (Å²) in [5, 5.41) is 3.74. The van der Waals surface area contributed by atoms with E-state index >= 15 is 0 Å². The Kier molecular flexibility index (Phi) is 5.14. The van der Waals surface area contributed by atoms with Gasteiger partial charge in [-0.1, -0.05) is 12.8 Å². The van der Waals surface area contributed by atoms with Crippen LogP contribution in [-0.4, -0.2) is 61.2 Å². The molecular weight excluding hydrogens is 234 g/mol. The van der Waals surface area contributed by atoms with Crippen LogP contribution in [0.1, 0.15) is 51.4 Å². The van der Waals surface area contributed by atoms with Crippen molar-refractivity contribution in [2.45, 2.75) is 63.5 Å². The van der Waals surface area contributed by atoms with E-state index in [1.54, 1.807) is 0 Å². The number of hydrogen-bond acceptors (Lipinski definition) is 3. The molecule has 3 heterocycles. The Balaban J connectivity index is 1.48. The van der Waals surface area contributed by atoms with Crippen LogP contribution in [0.25, 0.3) is 0 Å². The standard InChI is InChI=1S/C16H31N3/c1-3-10-18(11-4-1)13-14-19-12-5-2-8-16(19)15-7-6-9-17-15/h15-17H,1-14H2. The van der Waals surface area contributed by atoms with Crippen molar-refractivity contribution in [3.05, 3.63) is 0 Å². The summed E-state index contributed by atoms with van der Waals surface area (Å²) in [7, 11) is 0. The van der Waals surface area contributed by atoms with Crippen LogP contribution in [0.5, 0.6) is 0 Å². The zero-order chi connectivity index (χ0) is 12.9. The summed E-state index contributed by atoms with van der Waals surface area (Å²) >= 11 is 0. The van der Waals surface area contributed by atoms with Crippen LogP contribution in [0.4, 0.5) is 0 Å². The quantitative estimate of drug-likeness (QED) is 0.839. The van der Waals surface area contributed by atoms with Crippen LogP contribution in [0.15, 0.2) is 0 Å². The van der Waals surface area contributed by atoms with Crippen molar-refractivity contribution in [1.82, 2.24) is 15.1 Å². The Morgan fingerprint density at radius 1 is 0.789 bits per heavy atom. The lowest BCUT2D eigenvalue weighted by Crippen LogP contribution is -2.52. The van der Waals surface area contributed by atoms with Crippen LogP contribution >= 0.6 is 0 Å². The third kappa shape index (κ3) is 3.71. The predicted octanol–water partition coefficient (Wildman–Crippen LogP) is 2.08. The normalized spacial score (nSPS) is 34.7. The zero-order valence-corrected chi connectivity index (χ0v) is 12.4. The third-order valence-corrected chi connectivity index (χ3v) is 5.38. The second-order valence-electron chi connectivity index (χ2n) is 6.70. The Labute approximate surface area is 118 Å². The highest BCUT2D eigenvalue weighted by molar-refractivity contribution is 4.90. The first-order chi connectivity index (χ1) is 9.43. The van der Waals surface area contributed by atoms with Gasteiger partial charge < -0.3 is 10.2 Å². The maximum atomic E-state index is 3.74. The van der Waals surface area contributed by atoms with E-state index in [1.165, 1.54) is 90.6 Å². The Morgan fingerprint density at radius 2 is 1.63 bits per heavy atom. The lowest BCUT2D eigenvalue weighted by molar-refractivity contribution is 0.0983. The fourth-order valence-electron chi connectivity index (χ4n) is 4.24. The maximum absolute atomic E-state index is 3.74. The van der Waals surface area contributed by atoms with Crippen LogP contribution in [0.2, 0.25) is 0 Å². The minimum Gasteiger partial charge on any atom is -0.312 e. The van der Waals surface area contributed by atoms with Gasteiger partial charge in [-0.05, 0) is 64.7 Å². The number of likely N-dealkylation sites (tertiary alicyclic amines) is 2. The smallest absolute Gasteiger partial charge is 0.0249 e. The van der Waals surface area contributed by atoms with Crippen molar-refractivity contribution in [2.75, 3.05) is 39.3 Å². The van der Waals surface area contributed by atoms with Gasteiger partial charge in [0.2, 0.25) is 0 Å². The van der Waals surface area contributed by atoms with Crippen molar-refractivity contribution >= 4 is 0 Å². The third-order valence-electron chi connectivity index (χ3n) is 5.38. The number of piperidine rings is 2. The number of nitrogens with zero attached hydrogens (tertiary/aromatic N) is 2. The molecule has 3 rings (SSSR count). The largest absolute Gasteiger partial charge is 0.312 e. The topological polar surface area (TPSA) is 18.5 Å². The molecule has 110 valence electrons. The van der Waals surface area contributed by atoms with Gasteiger partial charge in [0.1, 0.15) is 0 Å². The number of hydrogen-bond donors (Lipinski definition) is 1. The van der Waals surface area contributed by atoms with Crippen molar-refractivity contribution in [3.8, 4) is 0 Å². The lowest BCUT2D eigenvalue weighted by atomic mass is 9.94. The summed E-state index contributed by atoms with van der Waals surface area (Å²) < 4.78 is 0. The van der Waals surface area contributed by atoms with E-state index in [1.807, 2.05) is 0 Å². The molecular formula is C16H31N3. The highest BCUT2D eigenvalue weighted by Crippen LogP contribution is 2.24. The van der Waals surface area contributed by atoms with E-state index in [4.69, 9.17) is 0 Å². The fourth-order valence-corrected chi connectivity index (χ4v) is 4.24. The first-order valence-electron chi connectivity index (χ1n) is 8.63. The van der Waals surface area contributed by atoms with Gasteiger partial charge in [-0.3, -0.25) is 4.90 Å². The SMILES string of the molecule is C1CCN(CCN2CCCCC2C2CCCN2)CC1. The highest BCUT2D eigenvalue weighted by atomic mass is 15.2. The van der Waals surface area contributed by atoms with Gasteiger partial charge in [0.05, 0.1) is 0 Å². The average Bonchev–Trinajstić information content (AvgIpc) is 3.01. The second kappa shape index (κ2) is 7.05. The van der Waals surface area contributed by atoms with Gasteiger partial charge >= 0.3 is 0 Å². The van der Waals surface area contributed by atoms with E-state index in [0.29, 0.717) is 0 Å². The monoisotopic (exact) mass is 265 g/mol. The average molecular weight is 265 g/mol. The summed E-state index contributed by atoms with van der Waals surface area (Å²) in [6.45, 7) is 7.91. The molecule has 2 unspecified atom stereocenters. The van der Waals surface area contributed by atoms with E-state index in [9.17, 15) is 0 Å². The lowest BCUT2D eigenvalue weighted by Gasteiger charge is -2.40. The summed E-state index contributed by atoms with van der Waals surface area (Å²) in [4.78, 5) is 5.50. The molecule has 2 atom stereocenters. The Bertz CT molecular complexity index is 257. The Morgan fingerprint density at radius 3 is 2.42 bits per heavy atom. The van der Waals surface area contributed by atoms with Crippen LogP contribution in [0.3, 0.4) is 0 Å². The molecule has 0 aromatic heterocycles. The number of nitrogens with one attached hydrogen (secondary N) is 1. The maximum Gasteiger partial charge on any atom is 0.0249 e. The minimum absolute atomic E-state index is 0.793. The molecule has 3 saturated heterocycles. The van der Waals surface area contributed by atoms with Gasteiger partial charge in [0.15, 0.2) is 0 Å². The van der Waals surface area contributed by atoms with Gasteiger partial charge in [0.25, 0.3) is 0 Å². The number of rotatable bonds is 4. The molecule has 0 bridgehead atoms. The molecule has 0 aliphatic carbocycles. The van der Waals surface area contributed by atoms with Crippen LogP contribution < -0.4 is 5.32 Å². The molecule has 0 saturated carbocycles. The molecule has 0 radical (unpaired) electrons. The summed E-state index contributed by atoms with van der Waals surface area (Å²) in [6, 6.07) is 1.63. The molecule has 0 amide bonds. The fraction of sp³-hybridized carbons (Fsp3) is 1.00. The van der Waals surface area contributed by atoms with Crippen LogP contribution in [0, 0.1) is 0 Å². The molecule has 0 aromatic rings. The molecule has 0 aromatic carbocycles. The molecule has 3 aliphatic heterocycles. The molecule has 3 fully saturated rings. The van der Waals surface area contributed by atoms with E-state index in [0.717, 1.165) is 12.1 Å².